The lowest BCUT2D eigenvalue weighted by molar-refractivity contribution is 0.0597. The summed E-state index contributed by atoms with van der Waals surface area (Å²) in [6.07, 6.45) is 0.931. The summed E-state index contributed by atoms with van der Waals surface area (Å²) in [7, 11) is 2.88. The lowest BCUT2D eigenvalue weighted by Gasteiger charge is -2.13. The zero-order valence-corrected chi connectivity index (χ0v) is 19.1. The fourth-order valence-corrected chi connectivity index (χ4v) is 3.56. The number of aryl methyl sites for hydroxylation is 2. The lowest BCUT2D eigenvalue weighted by atomic mass is 10.1. The van der Waals surface area contributed by atoms with Gasteiger partial charge in [0.15, 0.2) is 5.96 Å². The normalized spacial score (nSPS) is 11.4. The molecule has 0 unspecified atom stereocenters. The van der Waals surface area contributed by atoms with E-state index in [1.807, 2.05) is 38.1 Å². The number of aromatic nitrogens is 2. The van der Waals surface area contributed by atoms with Gasteiger partial charge in [0.05, 0.1) is 31.8 Å². The van der Waals surface area contributed by atoms with Crippen LogP contribution in [0.2, 0.25) is 0 Å². The number of esters is 1. The van der Waals surface area contributed by atoms with Crippen LogP contribution >= 0.6 is 0 Å². The number of fused-ring (bicyclic) bond motifs is 1. The Morgan fingerprint density at radius 2 is 1.97 bits per heavy atom. The summed E-state index contributed by atoms with van der Waals surface area (Å²) in [5, 5.41) is 6.64. The van der Waals surface area contributed by atoms with Gasteiger partial charge in [-0.2, -0.15) is 0 Å². The summed E-state index contributed by atoms with van der Waals surface area (Å²) >= 11 is 0. The highest BCUT2D eigenvalue weighted by Gasteiger charge is 2.13. The average Bonchev–Trinajstić information content (AvgIpc) is 3.14. The number of imidazole rings is 1. The number of ether oxygens (including phenoxy) is 2. The first-order chi connectivity index (χ1) is 15.6. The third-order valence-electron chi connectivity index (χ3n) is 5.13. The molecule has 8 nitrogen and oxygen atoms in total. The van der Waals surface area contributed by atoms with E-state index in [1.54, 1.807) is 12.1 Å². The van der Waals surface area contributed by atoms with E-state index in [4.69, 9.17) is 9.47 Å². The Bertz CT molecular complexity index is 1090. The maximum atomic E-state index is 12.0. The van der Waals surface area contributed by atoms with Gasteiger partial charge in [-0.15, -0.1) is 0 Å². The Morgan fingerprint density at radius 3 is 2.72 bits per heavy atom. The molecule has 1 aromatic heterocycles. The molecule has 0 radical (unpaired) electrons. The predicted octanol–water partition coefficient (Wildman–Crippen LogP) is 3.29. The van der Waals surface area contributed by atoms with Crippen LogP contribution in [0.25, 0.3) is 11.0 Å². The fraction of sp³-hybridized carbons (Fsp3) is 0.375. The van der Waals surface area contributed by atoms with E-state index >= 15 is 0 Å². The Morgan fingerprint density at radius 1 is 1.16 bits per heavy atom. The van der Waals surface area contributed by atoms with Crippen LogP contribution in [0.4, 0.5) is 0 Å². The number of carbonyl (C=O) groups is 1. The molecule has 0 aliphatic carbocycles. The van der Waals surface area contributed by atoms with Crippen LogP contribution in [0.5, 0.6) is 5.75 Å². The van der Waals surface area contributed by atoms with Crippen molar-refractivity contribution >= 4 is 23.0 Å². The number of hydrogen-bond acceptors (Lipinski definition) is 5. The van der Waals surface area contributed by atoms with Crippen LogP contribution in [-0.2, 0) is 17.8 Å². The molecule has 0 atom stereocenters. The molecular formula is C24H31N5O3. The van der Waals surface area contributed by atoms with Gasteiger partial charge in [0.2, 0.25) is 0 Å². The molecule has 0 saturated heterocycles. The zero-order chi connectivity index (χ0) is 22.9. The summed E-state index contributed by atoms with van der Waals surface area (Å²) in [5.74, 6) is 1.81. The number of aliphatic imine (C=N–C) groups is 1. The van der Waals surface area contributed by atoms with E-state index in [9.17, 15) is 4.79 Å². The molecule has 0 aliphatic rings. The smallest absolute Gasteiger partial charge is 0.341 e. The monoisotopic (exact) mass is 437 g/mol. The van der Waals surface area contributed by atoms with Gasteiger partial charge < -0.3 is 24.7 Å². The van der Waals surface area contributed by atoms with Gasteiger partial charge in [-0.25, -0.2) is 14.8 Å². The Labute approximate surface area is 188 Å². The number of carbonyl (C=O) groups excluding carboxylic acids is 1. The molecule has 0 fully saturated rings. The van der Waals surface area contributed by atoms with Crippen molar-refractivity contribution in [2.75, 3.05) is 27.3 Å². The van der Waals surface area contributed by atoms with Crippen LogP contribution in [0.15, 0.2) is 47.5 Å². The molecule has 0 spiro atoms. The molecule has 3 rings (SSSR count). The Kier molecular flexibility index (Phi) is 8.08. The third-order valence-corrected chi connectivity index (χ3v) is 5.13. The summed E-state index contributed by atoms with van der Waals surface area (Å²) in [5.41, 5.74) is 3.47. The summed E-state index contributed by atoms with van der Waals surface area (Å²) in [6.45, 7) is 6.90. The van der Waals surface area contributed by atoms with Crippen molar-refractivity contribution in [3.05, 3.63) is 59.4 Å². The second-order valence-corrected chi connectivity index (χ2v) is 7.30. The Hall–Kier alpha value is -3.55. The molecule has 8 heteroatoms. The summed E-state index contributed by atoms with van der Waals surface area (Å²) in [4.78, 5) is 21.3. The molecule has 32 heavy (non-hydrogen) atoms. The maximum absolute atomic E-state index is 12.0. The average molecular weight is 438 g/mol. The first-order valence-electron chi connectivity index (χ1n) is 10.8. The molecule has 1 heterocycles. The van der Waals surface area contributed by atoms with Crippen molar-refractivity contribution in [1.82, 2.24) is 20.2 Å². The molecule has 170 valence electrons. The highest BCUT2D eigenvalue weighted by Crippen LogP contribution is 2.21. The quantitative estimate of drug-likeness (QED) is 0.231. The van der Waals surface area contributed by atoms with Crippen LogP contribution in [0, 0.1) is 6.92 Å². The van der Waals surface area contributed by atoms with Gasteiger partial charge in [0.25, 0.3) is 0 Å². The van der Waals surface area contributed by atoms with E-state index in [0.29, 0.717) is 17.9 Å². The van der Waals surface area contributed by atoms with Crippen LogP contribution in [-0.4, -0.2) is 48.8 Å². The van der Waals surface area contributed by atoms with Gasteiger partial charge in [0.1, 0.15) is 17.1 Å². The van der Waals surface area contributed by atoms with E-state index < -0.39 is 5.97 Å². The fourth-order valence-electron chi connectivity index (χ4n) is 3.56. The third kappa shape index (κ3) is 5.57. The van der Waals surface area contributed by atoms with Gasteiger partial charge in [-0.3, -0.25) is 0 Å². The van der Waals surface area contributed by atoms with Crippen molar-refractivity contribution in [3.8, 4) is 5.75 Å². The maximum Gasteiger partial charge on any atom is 0.341 e. The minimum Gasteiger partial charge on any atom is -0.496 e. The van der Waals surface area contributed by atoms with Crippen molar-refractivity contribution in [1.29, 1.82) is 0 Å². The number of benzene rings is 2. The minimum absolute atomic E-state index is 0.392. The topological polar surface area (TPSA) is 89.8 Å². The van der Waals surface area contributed by atoms with Gasteiger partial charge in [-0.05, 0) is 50.1 Å². The molecular weight excluding hydrogens is 406 g/mol. The van der Waals surface area contributed by atoms with Gasteiger partial charge >= 0.3 is 5.97 Å². The SMILES string of the molecule is CCNC(=NCc1ccc(OC)c(C(=O)OC)c1)NCCCn1c(C)nc2ccccc21. The number of guanidine groups is 1. The molecule has 3 aromatic rings. The number of nitrogens with zero attached hydrogens (tertiary/aromatic N) is 3. The number of para-hydroxylation sites is 2. The van der Waals surface area contributed by atoms with Crippen molar-refractivity contribution < 1.29 is 14.3 Å². The van der Waals surface area contributed by atoms with Gasteiger partial charge in [0, 0.05) is 19.6 Å². The van der Waals surface area contributed by atoms with Crippen LogP contribution in [0.3, 0.4) is 0 Å². The number of methoxy groups -OCH3 is 2. The molecule has 0 amide bonds. The van der Waals surface area contributed by atoms with Crippen LogP contribution < -0.4 is 15.4 Å². The van der Waals surface area contributed by atoms with E-state index in [2.05, 4.69) is 31.2 Å². The first kappa shape index (κ1) is 23.1. The zero-order valence-electron chi connectivity index (χ0n) is 19.1. The number of nitrogens with one attached hydrogen (secondary N) is 2. The highest BCUT2D eigenvalue weighted by molar-refractivity contribution is 5.92. The Balaban J connectivity index is 1.60. The van der Waals surface area contributed by atoms with E-state index in [-0.39, 0.29) is 0 Å². The molecule has 2 N–H and O–H groups in total. The minimum atomic E-state index is -0.431. The van der Waals surface area contributed by atoms with Crippen molar-refractivity contribution in [3.63, 3.8) is 0 Å². The van der Waals surface area contributed by atoms with Gasteiger partial charge in [-0.1, -0.05) is 18.2 Å². The first-order valence-corrected chi connectivity index (χ1v) is 10.8. The van der Waals surface area contributed by atoms with Crippen molar-refractivity contribution in [2.24, 2.45) is 4.99 Å². The van der Waals surface area contributed by atoms with Crippen molar-refractivity contribution in [2.45, 2.75) is 33.4 Å². The summed E-state index contributed by atoms with van der Waals surface area (Å²) < 4.78 is 12.3. The predicted molar refractivity (Wildman–Crippen MR) is 126 cm³/mol. The summed E-state index contributed by atoms with van der Waals surface area (Å²) in [6, 6.07) is 13.6. The molecule has 0 bridgehead atoms. The highest BCUT2D eigenvalue weighted by atomic mass is 16.5. The standard InChI is InChI=1S/C24H31N5O3/c1-5-25-24(27-16-18-11-12-22(31-3)19(15-18)23(30)32-4)26-13-8-14-29-17(2)28-20-9-6-7-10-21(20)29/h6-7,9-12,15H,5,8,13-14,16H2,1-4H3,(H2,25,26,27). The molecule has 2 aromatic carbocycles. The number of hydrogen-bond donors (Lipinski definition) is 2. The largest absolute Gasteiger partial charge is 0.496 e. The second kappa shape index (κ2) is 11.2. The second-order valence-electron chi connectivity index (χ2n) is 7.30. The van der Waals surface area contributed by atoms with E-state index in [1.165, 1.54) is 14.2 Å². The lowest BCUT2D eigenvalue weighted by Crippen LogP contribution is -2.38. The van der Waals surface area contributed by atoms with E-state index in [0.717, 1.165) is 54.4 Å². The van der Waals surface area contributed by atoms with Crippen LogP contribution in [0.1, 0.15) is 35.1 Å². The molecule has 0 saturated carbocycles. The number of rotatable bonds is 9. The molecule has 0 aliphatic heterocycles.